The molecular formula is C27H31N3O8. The maximum absolute atomic E-state index is 13.4. The Hall–Kier alpha value is -3.96. The summed E-state index contributed by atoms with van der Waals surface area (Å²) in [4.78, 5) is 53.5. The number of aliphatic hydroxyl groups is 2. The summed E-state index contributed by atoms with van der Waals surface area (Å²) in [5.41, 5.74) is 1.56. The fourth-order valence-electron chi connectivity index (χ4n) is 4.64. The van der Waals surface area contributed by atoms with Crippen molar-refractivity contribution in [1.29, 1.82) is 0 Å². The third-order valence-corrected chi connectivity index (χ3v) is 6.54. The maximum Gasteiger partial charge on any atom is 0.407 e. The summed E-state index contributed by atoms with van der Waals surface area (Å²) < 4.78 is 10.5. The average molecular weight is 526 g/mol. The molecule has 0 saturated carbocycles. The van der Waals surface area contributed by atoms with Gasteiger partial charge in [0.25, 0.3) is 0 Å². The molecule has 0 radical (unpaired) electrons. The first-order chi connectivity index (χ1) is 18.3. The molecule has 2 saturated heterocycles. The summed E-state index contributed by atoms with van der Waals surface area (Å²) in [6, 6.07) is 16.0. The van der Waals surface area contributed by atoms with E-state index in [0.29, 0.717) is 0 Å². The molecule has 2 aromatic rings. The van der Waals surface area contributed by atoms with Crippen molar-refractivity contribution in [3.63, 3.8) is 0 Å². The van der Waals surface area contributed by atoms with E-state index in [1.54, 1.807) is 24.3 Å². The molecule has 0 bridgehead atoms. The number of aliphatic hydroxyl groups excluding tert-OH is 2. The number of carbonyl (C=O) groups excluding carboxylic acids is 4. The lowest BCUT2D eigenvalue weighted by Gasteiger charge is -2.30. The van der Waals surface area contributed by atoms with Gasteiger partial charge in [0.1, 0.15) is 31.8 Å². The van der Waals surface area contributed by atoms with Gasteiger partial charge in [-0.1, -0.05) is 60.7 Å². The van der Waals surface area contributed by atoms with Gasteiger partial charge in [0, 0.05) is 25.9 Å². The van der Waals surface area contributed by atoms with Crippen molar-refractivity contribution < 1.29 is 38.9 Å². The van der Waals surface area contributed by atoms with Crippen LogP contribution in [0.2, 0.25) is 0 Å². The van der Waals surface area contributed by atoms with E-state index in [1.807, 2.05) is 36.4 Å². The van der Waals surface area contributed by atoms with Gasteiger partial charge in [-0.3, -0.25) is 9.59 Å². The number of rotatable bonds is 8. The zero-order valence-electron chi connectivity index (χ0n) is 20.8. The number of hydrogen-bond donors (Lipinski definition) is 3. The van der Waals surface area contributed by atoms with E-state index in [2.05, 4.69) is 5.32 Å². The maximum atomic E-state index is 13.4. The number of benzene rings is 2. The molecule has 2 aliphatic heterocycles. The number of ether oxygens (including phenoxy) is 2. The molecule has 4 rings (SSSR count). The van der Waals surface area contributed by atoms with E-state index < -0.39 is 54.7 Å². The van der Waals surface area contributed by atoms with Gasteiger partial charge in [-0.25, -0.2) is 9.59 Å². The van der Waals surface area contributed by atoms with Crippen LogP contribution in [0, 0.1) is 0 Å². The Morgan fingerprint density at radius 2 is 1.29 bits per heavy atom. The zero-order chi connectivity index (χ0) is 27.1. The zero-order valence-corrected chi connectivity index (χ0v) is 20.8. The van der Waals surface area contributed by atoms with E-state index >= 15 is 0 Å². The lowest BCUT2D eigenvalue weighted by atomic mass is 10.1. The van der Waals surface area contributed by atoms with Crippen LogP contribution in [0.1, 0.15) is 24.0 Å². The van der Waals surface area contributed by atoms with Crippen molar-refractivity contribution in [3.05, 3.63) is 71.8 Å². The quantitative estimate of drug-likeness (QED) is 0.425. The Labute approximate surface area is 219 Å². The van der Waals surface area contributed by atoms with Gasteiger partial charge >= 0.3 is 12.1 Å². The number of likely N-dealkylation sites (tertiary alicyclic amines) is 2. The predicted octanol–water partition coefficient (Wildman–Crippen LogP) is 0.580. The summed E-state index contributed by atoms with van der Waals surface area (Å²) in [5.74, 6) is -1.81. The van der Waals surface area contributed by atoms with E-state index in [-0.39, 0.29) is 39.1 Å². The monoisotopic (exact) mass is 525 g/mol. The SMILES string of the molecule is O=C(NCC(=O)N1C[C@H](O)C[C@@H]1C(=O)N1C[C@H](O)C[C@H]1C(=O)OCc1ccccc1)OCc1ccccc1. The van der Waals surface area contributed by atoms with E-state index in [1.165, 1.54) is 9.80 Å². The standard InChI is InChI=1S/C27H31N3O8/c31-20-11-22(29(14-20)24(33)13-28-27(36)38-17-19-9-5-2-6-10-19)25(34)30-15-21(32)12-23(30)26(35)37-16-18-7-3-1-4-8-18/h1-10,20-23,31-32H,11-17H2,(H,28,36)/t20-,21-,22-,23+/m1/s1. The fourth-order valence-corrected chi connectivity index (χ4v) is 4.64. The number of amides is 3. The Morgan fingerprint density at radius 3 is 1.89 bits per heavy atom. The highest BCUT2D eigenvalue weighted by Crippen LogP contribution is 2.26. The number of nitrogens with one attached hydrogen (secondary N) is 1. The average Bonchev–Trinajstić information content (AvgIpc) is 3.52. The molecule has 0 aromatic heterocycles. The number of carbonyl (C=O) groups is 4. The van der Waals surface area contributed by atoms with E-state index in [0.717, 1.165) is 11.1 Å². The Balaban J connectivity index is 1.33. The molecule has 3 amide bonds. The van der Waals surface area contributed by atoms with Crippen molar-refractivity contribution >= 4 is 23.9 Å². The van der Waals surface area contributed by atoms with Gasteiger partial charge in [-0.05, 0) is 11.1 Å². The molecule has 2 aliphatic rings. The molecule has 3 N–H and O–H groups in total. The van der Waals surface area contributed by atoms with Crippen molar-refractivity contribution in [1.82, 2.24) is 15.1 Å². The molecule has 0 spiro atoms. The molecule has 0 unspecified atom stereocenters. The molecule has 2 heterocycles. The van der Waals surface area contributed by atoms with Gasteiger partial charge in [-0.15, -0.1) is 0 Å². The second kappa shape index (κ2) is 12.5. The highest BCUT2D eigenvalue weighted by Gasteiger charge is 2.47. The van der Waals surface area contributed by atoms with Crippen LogP contribution in [0.25, 0.3) is 0 Å². The van der Waals surface area contributed by atoms with Gasteiger partial charge in [0.05, 0.1) is 12.2 Å². The van der Waals surface area contributed by atoms with Crippen molar-refractivity contribution in [3.8, 4) is 0 Å². The number of alkyl carbamates (subject to hydrolysis) is 1. The van der Waals surface area contributed by atoms with Crippen LogP contribution in [-0.2, 0) is 37.1 Å². The minimum absolute atomic E-state index is 0.0113. The highest BCUT2D eigenvalue weighted by atomic mass is 16.5. The van der Waals surface area contributed by atoms with Gasteiger partial charge in [0.15, 0.2) is 0 Å². The molecule has 2 aromatic carbocycles. The van der Waals surface area contributed by atoms with E-state index in [4.69, 9.17) is 9.47 Å². The van der Waals surface area contributed by atoms with E-state index in [9.17, 15) is 29.4 Å². The summed E-state index contributed by atoms with van der Waals surface area (Å²) >= 11 is 0. The van der Waals surface area contributed by atoms with Gasteiger partial charge in [-0.2, -0.15) is 0 Å². The van der Waals surface area contributed by atoms with Crippen LogP contribution < -0.4 is 5.32 Å². The summed E-state index contributed by atoms with van der Waals surface area (Å²) in [7, 11) is 0. The first kappa shape index (κ1) is 27.1. The summed E-state index contributed by atoms with van der Waals surface area (Å²) in [6.07, 6.45) is -2.69. The molecular weight excluding hydrogens is 494 g/mol. The lowest BCUT2D eigenvalue weighted by Crippen LogP contribution is -2.52. The third kappa shape index (κ3) is 6.87. The van der Waals surface area contributed by atoms with Crippen molar-refractivity contribution in [2.75, 3.05) is 19.6 Å². The molecule has 0 aliphatic carbocycles. The van der Waals surface area contributed by atoms with Gasteiger partial charge in [0.2, 0.25) is 11.8 Å². The number of β-amino-alcohol motifs (C(OH)–C–C–N with tert-alkyl or cyclic N) is 2. The van der Waals surface area contributed by atoms with Gasteiger partial charge < -0.3 is 34.8 Å². The Kier molecular flexibility index (Phi) is 8.93. The minimum atomic E-state index is -1.05. The summed E-state index contributed by atoms with van der Waals surface area (Å²) in [6.45, 7) is -0.579. The summed E-state index contributed by atoms with van der Waals surface area (Å²) in [5, 5.41) is 22.8. The van der Waals surface area contributed by atoms with Crippen LogP contribution in [0.3, 0.4) is 0 Å². The molecule has 2 fully saturated rings. The van der Waals surface area contributed by atoms with Crippen LogP contribution in [0.4, 0.5) is 4.79 Å². The first-order valence-electron chi connectivity index (χ1n) is 12.4. The fraction of sp³-hybridized carbons (Fsp3) is 0.407. The van der Waals surface area contributed by atoms with Crippen LogP contribution in [0.5, 0.6) is 0 Å². The molecule has 11 heteroatoms. The van der Waals surface area contributed by atoms with Crippen molar-refractivity contribution in [2.45, 2.75) is 50.3 Å². The molecule has 11 nitrogen and oxygen atoms in total. The normalized spacial score (nSPS) is 22.7. The minimum Gasteiger partial charge on any atom is -0.459 e. The number of nitrogens with zero attached hydrogens (tertiary/aromatic N) is 2. The topological polar surface area (TPSA) is 146 Å². The first-order valence-corrected chi connectivity index (χ1v) is 12.4. The second-order valence-corrected chi connectivity index (χ2v) is 9.36. The largest absolute Gasteiger partial charge is 0.459 e. The third-order valence-electron chi connectivity index (χ3n) is 6.54. The predicted molar refractivity (Wildman–Crippen MR) is 133 cm³/mol. The smallest absolute Gasteiger partial charge is 0.407 e. The highest BCUT2D eigenvalue weighted by molar-refractivity contribution is 5.93. The lowest BCUT2D eigenvalue weighted by molar-refractivity contribution is -0.156. The van der Waals surface area contributed by atoms with Crippen LogP contribution in [-0.4, -0.2) is 87.8 Å². The number of esters is 1. The molecule has 202 valence electrons. The number of hydrogen-bond acceptors (Lipinski definition) is 8. The molecule has 38 heavy (non-hydrogen) atoms. The molecule has 4 atom stereocenters. The second-order valence-electron chi connectivity index (χ2n) is 9.36. The van der Waals surface area contributed by atoms with Crippen LogP contribution >= 0.6 is 0 Å². The van der Waals surface area contributed by atoms with Crippen molar-refractivity contribution in [2.24, 2.45) is 0 Å². The Bertz CT molecular complexity index is 1130. The Morgan fingerprint density at radius 1 is 0.763 bits per heavy atom. The van der Waals surface area contributed by atoms with Crippen LogP contribution in [0.15, 0.2) is 60.7 Å².